The molecule has 0 radical (unpaired) electrons. The normalized spacial score (nSPS) is 11.9. The van der Waals surface area contributed by atoms with Gasteiger partial charge in [-0.05, 0) is 36.1 Å². The van der Waals surface area contributed by atoms with Gasteiger partial charge in [0, 0.05) is 37.8 Å². The Morgan fingerprint density at radius 1 is 1.00 bits per heavy atom. The van der Waals surface area contributed by atoms with Crippen molar-refractivity contribution < 1.29 is 23.5 Å². The van der Waals surface area contributed by atoms with Crippen LogP contribution in [0.15, 0.2) is 58.3 Å². The maximum atomic E-state index is 14.0. The molecule has 2 N–H and O–H groups in total. The monoisotopic (exact) mass is 508 g/mol. The molecule has 2 heterocycles. The minimum absolute atomic E-state index is 0.213. The van der Waals surface area contributed by atoms with Crippen molar-refractivity contribution in [2.24, 2.45) is 14.1 Å². The molecular formula is C26H22F2N4O5. The predicted molar refractivity (Wildman–Crippen MR) is 131 cm³/mol. The lowest BCUT2D eigenvalue weighted by atomic mass is 9.96. The highest BCUT2D eigenvalue weighted by Gasteiger charge is 2.26. The average molecular weight is 508 g/mol. The van der Waals surface area contributed by atoms with Crippen LogP contribution in [-0.4, -0.2) is 37.1 Å². The Kier molecular flexibility index (Phi) is 6.71. The van der Waals surface area contributed by atoms with Crippen molar-refractivity contribution in [3.05, 3.63) is 98.0 Å². The molecule has 0 unspecified atom stereocenters. The molecule has 4 aromatic rings. The fourth-order valence-electron chi connectivity index (χ4n) is 4.23. The molecule has 11 heteroatoms. The minimum atomic E-state index is -1.51. The van der Waals surface area contributed by atoms with Crippen LogP contribution in [-0.2, 0) is 25.3 Å². The number of hydrogen-bond donors (Lipinski definition) is 2. The number of carbonyl (C=O) groups excluding carboxylic acids is 1. The van der Waals surface area contributed by atoms with Gasteiger partial charge in [0.1, 0.15) is 23.2 Å². The molecule has 9 nitrogen and oxygen atoms in total. The fraction of sp³-hybridized carbons (Fsp3) is 0.192. The molecule has 0 spiro atoms. The average Bonchev–Trinajstić information content (AvgIpc) is 2.86. The highest BCUT2D eigenvalue weighted by Crippen LogP contribution is 2.29. The summed E-state index contributed by atoms with van der Waals surface area (Å²) in [5, 5.41) is 13.0. The van der Waals surface area contributed by atoms with E-state index in [1.54, 1.807) is 31.2 Å². The van der Waals surface area contributed by atoms with Gasteiger partial charge in [0.15, 0.2) is 0 Å². The van der Waals surface area contributed by atoms with Gasteiger partial charge in [0.05, 0.1) is 11.3 Å². The second kappa shape index (κ2) is 9.76. The number of halogens is 2. The summed E-state index contributed by atoms with van der Waals surface area (Å²) in [6.45, 7) is 1.63. The standard InChI is InChI=1S/C26H22F2N4O5/c1-13-20(24(34)32(3)26(37)31(13)2)22-16-7-4-6-14(15(16)10-11-29-22)12-19(25(35)36)30-23(33)21-17(27)8-5-9-18(21)28/h4-11,19H,12H2,1-3H3,(H,30,33)(H,35,36)/t19-/m0/s1. The molecule has 0 saturated heterocycles. The SMILES string of the molecule is Cc1c(-c2nccc3c(C[C@H](NC(=O)c4c(F)cccc4F)C(=O)O)cccc23)c(=O)n(C)c(=O)n1C. The molecule has 4 rings (SSSR count). The predicted octanol–water partition coefficient (Wildman–Crippen LogP) is 2.31. The number of carboxylic acid groups (broad SMARTS) is 1. The number of benzene rings is 2. The Morgan fingerprint density at radius 2 is 1.65 bits per heavy atom. The van der Waals surface area contributed by atoms with E-state index in [4.69, 9.17) is 0 Å². The highest BCUT2D eigenvalue weighted by molar-refractivity contribution is 5.98. The van der Waals surface area contributed by atoms with E-state index in [0.717, 1.165) is 22.8 Å². The molecule has 2 aromatic carbocycles. The second-order valence-electron chi connectivity index (χ2n) is 8.50. The van der Waals surface area contributed by atoms with Gasteiger partial charge in [-0.3, -0.25) is 19.1 Å². The second-order valence-corrected chi connectivity index (χ2v) is 8.50. The van der Waals surface area contributed by atoms with E-state index in [1.165, 1.54) is 24.9 Å². The summed E-state index contributed by atoms with van der Waals surface area (Å²) < 4.78 is 30.4. The van der Waals surface area contributed by atoms with Crippen LogP contribution < -0.4 is 16.6 Å². The summed E-state index contributed by atoms with van der Waals surface area (Å²) in [5.41, 5.74) is -0.489. The van der Waals surface area contributed by atoms with E-state index in [2.05, 4.69) is 10.3 Å². The van der Waals surface area contributed by atoms with Crippen LogP contribution in [0.25, 0.3) is 22.0 Å². The Morgan fingerprint density at radius 3 is 2.30 bits per heavy atom. The Hall–Kier alpha value is -4.67. The molecule has 0 saturated carbocycles. The molecule has 37 heavy (non-hydrogen) atoms. The number of carbonyl (C=O) groups is 2. The molecule has 0 fully saturated rings. The number of aromatic nitrogens is 3. The summed E-state index contributed by atoms with van der Waals surface area (Å²) >= 11 is 0. The van der Waals surface area contributed by atoms with Crippen molar-refractivity contribution in [2.45, 2.75) is 19.4 Å². The third-order valence-corrected chi connectivity index (χ3v) is 6.31. The quantitative estimate of drug-likeness (QED) is 0.412. The lowest BCUT2D eigenvalue weighted by molar-refractivity contribution is -0.139. The third kappa shape index (κ3) is 4.51. The number of rotatable bonds is 6. The van der Waals surface area contributed by atoms with Gasteiger partial charge in [-0.15, -0.1) is 0 Å². The number of pyridine rings is 1. The zero-order chi connectivity index (χ0) is 27.0. The van der Waals surface area contributed by atoms with Gasteiger partial charge >= 0.3 is 11.7 Å². The van der Waals surface area contributed by atoms with Crippen molar-refractivity contribution in [2.75, 3.05) is 0 Å². The first-order chi connectivity index (χ1) is 17.5. The van der Waals surface area contributed by atoms with Crippen molar-refractivity contribution in [1.29, 1.82) is 0 Å². The largest absolute Gasteiger partial charge is 0.480 e. The van der Waals surface area contributed by atoms with Crippen LogP contribution in [0.2, 0.25) is 0 Å². The summed E-state index contributed by atoms with van der Waals surface area (Å²) in [6.07, 6.45) is 1.23. The molecule has 1 atom stereocenters. The number of carboxylic acids is 1. The maximum Gasteiger partial charge on any atom is 0.330 e. The molecule has 2 aromatic heterocycles. The zero-order valence-electron chi connectivity index (χ0n) is 20.1. The minimum Gasteiger partial charge on any atom is -0.480 e. The van der Waals surface area contributed by atoms with Crippen LogP contribution >= 0.6 is 0 Å². The van der Waals surface area contributed by atoms with Crippen molar-refractivity contribution in [3.8, 4) is 11.3 Å². The van der Waals surface area contributed by atoms with Crippen molar-refractivity contribution in [3.63, 3.8) is 0 Å². The van der Waals surface area contributed by atoms with Gasteiger partial charge in [0.25, 0.3) is 11.5 Å². The Balaban J connectivity index is 1.79. The lowest BCUT2D eigenvalue weighted by Gasteiger charge is -2.17. The fourth-order valence-corrected chi connectivity index (χ4v) is 4.23. The van der Waals surface area contributed by atoms with E-state index < -0.39 is 46.4 Å². The smallest absolute Gasteiger partial charge is 0.330 e. The number of aliphatic carboxylic acids is 1. The van der Waals surface area contributed by atoms with Crippen molar-refractivity contribution in [1.82, 2.24) is 19.4 Å². The summed E-state index contributed by atoms with van der Waals surface area (Å²) in [5.74, 6) is -4.83. The van der Waals surface area contributed by atoms with Crippen molar-refractivity contribution >= 4 is 22.6 Å². The van der Waals surface area contributed by atoms with Gasteiger partial charge in [-0.1, -0.05) is 24.3 Å². The van der Waals surface area contributed by atoms with E-state index in [0.29, 0.717) is 27.7 Å². The Bertz CT molecular complexity index is 1670. The highest BCUT2D eigenvalue weighted by atomic mass is 19.1. The van der Waals surface area contributed by atoms with Crippen LogP contribution in [0.5, 0.6) is 0 Å². The topological polar surface area (TPSA) is 123 Å². The summed E-state index contributed by atoms with van der Waals surface area (Å²) in [6, 6.07) is 8.00. The first-order valence-corrected chi connectivity index (χ1v) is 11.1. The first kappa shape index (κ1) is 25.4. The number of nitrogens with one attached hydrogen (secondary N) is 1. The molecule has 0 aliphatic heterocycles. The first-order valence-electron chi connectivity index (χ1n) is 11.1. The van der Waals surface area contributed by atoms with E-state index in [-0.39, 0.29) is 12.0 Å². The van der Waals surface area contributed by atoms with Crippen LogP contribution in [0.4, 0.5) is 8.78 Å². The van der Waals surface area contributed by atoms with Crippen LogP contribution in [0.3, 0.4) is 0 Å². The third-order valence-electron chi connectivity index (χ3n) is 6.31. The molecular weight excluding hydrogens is 486 g/mol. The molecule has 1 amide bonds. The Labute approximate surface area is 208 Å². The lowest BCUT2D eigenvalue weighted by Crippen LogP contribution is -2.43. The number of hydrogen-bond acceptors (Lipinski definition) is 5. The van der Waals surface area contributed by atoms with Gasteiger partial charge in [-0.25, -0.2) is 18.4 Å². The molecule has 0 aliphatic rings. The molecule has 0 bridgehead atoms. The van der Waals surface area contributed by atoms with Gasteiger partial charge in [0.2, 0.25) is 0 Å². The summed E-state index contributed by atoms with van der Waals surface area (Å²) in [4.78, 5) is 54.2. The van der Waals surface area contributed by atoms with Crippen LogP contribution in [0.1, 0.15) is 21.6 Å². The van der Waals surface area contributed by atoms with E-state index in [1.807, 2.05) is 0 Å². The number of fused-ring (bicyclic) bond motifs is 1. The number of amides is 1. The number of nitrogens with zero attached hydrogens (tertiary/aromatic N) is 3. The molecule has 190 valence electrons. The van der Waals surface area contributed by atoms with Crippen LogP contribution in [0, 0.1) is 18.6 Å². The molecule has 0 aliphatic carbocycles. The van der Waals surface area contributed by atoms with E-state index >= 15 is 0 Å². The van der Waals surface area contributed by atoms with E-state index in [9.17, 15) is 33.1 Å². The van der Waals surface area contributed by atoms with Gasteiger partial charge in [-0.2, -0.15) is 0 Å². The maximum absolute atomic E-state index is 14.0. The van der Waals surface area contributed by atoms with Gasteiger partial charge < -0.3 is 15.0 Å². The summed E-state index contributed by atoms with van der Waals surface area (Å²) in [7, 11) is 2.90. The zero-order valence-corrected chi connectivity index (χ0v) is 20.1.